The van der Waals surface area contributed by atoms with Crippen molar-refractivity contribution in [1.82, 2.24) is 15.0 Å². The first-order valence-corrected chi connectivity index (χ1v) is 9.39. The Hall–Kier alpha value is -3.80. The molecule has 6 nitrogen and oxygen atoms in total. The lowest BCUT2D eigenvalue weighted by molar-refractivity contribution is 1.07. The second-order valence-corrected chi connectivity index (χ2v) is 6.96. The monoisotopic (exact) mass is 382 g/mol. The van der Waals surface area contributed by atoms with Crippen molar-refractivity contribution < 1.29 is 0 Å². The second-order valence-electron chi connectivity index (χ2n) is 6.96. The first-order valence-electron chi connectivity index (χ1n) is 9.39. The fraction of sp³-hybridized carbons (Fsp3) is 0.130. The van der Waals surface area contributed by atoms with Crippen molar-refractivity contribution in [3.8, 4) is 11.3 Å². The third-order valence-electron chi connectivity index (χ3n) is 4.90. The summed E-state index contributed by atoms with van der Waals surface area (Å²) < 4.78 is 0. The molecule has 0 amide bonds. The van der Waals surface area contributed by atoms with Gasteiger partial charge in [-0.1, -0.05) is 42.5 Å². The summed E-state index contributed by atoms with van der Waals surface area (Å²) >= 11 is 0. The van der Waals surface area contributed by atoms with Crippen LogP contribution < -0.4 is 11.1 Å². The highest BCUT2D eigenvalue weighted by Gasteiger charge is 2.14. The fourth-order valence-electron chi connectivity index (χ4n) is 3.45. The van der Waals surface area contributed by atoms with Crippen LogP contribution in [0, 0.1) is 12.3 Å². The standard InChI is InChI=1S/C23H22N6/c1-14-7-3-5-9-18(14)21-17(11-16-8-4-6-10-19(16)29-21)12-26-23-20(15(2)24)22(25)27-13-28-23/h3-11,13,24H,12H2,1-2H3,(H3,25,26,27,28). The van der Waals surface area contributed by atoms with Crippen LogP contribution in [0.2, 0.25) is 0 Å². The van der Waals surface area contributed by atoms with Crippen molar-refractivity contribution in [2.24, 2.45) is 0 Å². The molecule has 0 radical (unpaired) electrons. The third kappa shape index (κ3) is 3.65. The highest BCUT2D eigenvalue weighted by atomic mass is 15.0. The molecule has 144 valence electrons. The van der Waals surface area contributed by atoms with Gasteiger partial charge in [0.05, 0.1) is 16.8 Å². The van der Waals surface area contributed by atoms with Gasteiger partial charge >= 0.3 is 0 Å². The van der Waals surface area contributed by atoms with E-state index in [1.54, 1.807) is 6.92 Å². The van der Waals surface area contributed by atoms with E-state index in [0.717, 1.165) is 27.7 Å². The zero-order chi connectivity index (χ0) is 20.4. The number of rotatable bonds is 5. The lowest BCUT2D eigenvalue weighted by Gasteiger charge is -2.15. The number of hydrogen-bond donors (Lipinski definition) is 3. The summed E-state index contributed by atoms with van der Waals surface area (Å²) in [5.74, 6) is 0.847. The molecule has 0 aliphatic heterocycles. The number of benzene rings is 2. The lowest BCUT2D eigenvalue weighted by atomic mass is 9.99. The molecule has 2 aromatic carbocycles. The van der Waals surface area contributed by atoms with E-state index in [0.29, 0.717) is 29.5 Å². The number of nitrogen functional groups attached to an aromatic ring is 1. The number of hydrogen-bond acceptors (Lipinski definition) is 6. The summed E-state index contributed by atoms with van der Waals surface area (Å²) in [6.07, 6.45) is 1.41. The number of para-hydroxylation sites is 1. The van der Waals surface area contributed by atoms with Crippen LogP contribution in [0.15, 0.2) is 60.9 Å². The van der Waals surface area contributed by atoms with E-state index in [4.69, 9.17) is 16.1 Å². The molecule has 2 heterocycles. The Morgan fingerprint density at radius 3 is 2.62 bits per heavy atom. The van der Waals surface area contributed by atoms with Gasteiger partial charge in [0.25, 0.3) is 0 Å². The molecule has 4 rings (SSSR count). The third-order valence-corrected chi connectivity index (χ3v) is 4.90. The Morgan fingerprint density at radius 1 is 1.07 bits per heavy atom. The van der Waals surface area contributed by atoms with Crippen LogP contribution in [0.4, 0.5) is 11.6 Å². The number of nitrogens with zero attached hydrogens (tertiary/aromatic N) is 3. The van der Waals surface area contributed by atoms with Gasteiger partial charge < -0.3 is 16.5 Å². The molecule has 29 heavy (non-hydrogen) atoms. The van der Waals surface area contributed by atoms with Gasteiger partial charge in [0.2, 0.25) is 0 Å². The van der Waals surface area contributed by atoms with Gasteiger partial charge in [-0.25, -0.2) is 15.0 Å². The zero-order valence-corrected chi connectivity index (χ0v) is 16.4. The van der Waals surface area contributed by atoms with E-state index in [1.165, 1.54) is 11.9 Å². The number of aryl methyl sites for hydroxylation is 1. The van der Waals surface area contributed by atoms with Gasteiger partial charge in [-0.2, -0.15) is 0 Å². The zero-order valence-electron chi connectivity index (χ0n) is 16.4. The smallest absolute Gasteiger partial charge is 0.140 e. The van der Waals surface area contributed by atoms with Gasteiger partial charge in [-0.3, -0.25) is 0 Å². The van der Waals surface area contributed by atoms with E-state index in [9.17, 15) is 0 Å². The van der Waals surface area contributed by atoms with Crippen molar-refractivity contribution in [2.75, 3.05) is 11.1 Å². The van der Waals surface area contributed by atoms with Crippen LogP contribution in [0.5, 0.6) is 0 Å². The Bertz CT molecular complexity index is 1220. The van der Waals surface area contributed by atoms with Gasteiger partial charge in [0.15, 0.2) is 0 Å². The minimum Gasteiger partial charge on any atom is -0.383 e. The Kier molecular flexibility index (Phi) is 4.91. The van der Waals surface area contributed by atoms with Crippen LogP contribution in [0.3, 0.4) is 0 Å². The molecule has 0 spiro atoms. The second kappa shape index (κ2) is 7.67. The molecular weight excluding hydrogens is 360 g/mol. The van der Waals surface area contributed by atoms with Gasteiger partial charge in [0.1, 0.15) is 18.0 Å². The van der Waals surface area contributed by atoms with Crippen LogP contribution in [-0.2, 0) is 6.54 Å². The molecule has 6 heteroatoms. The average Bonchev–Trinajstić information content (AvgIpc) is 2.71. The number of pyridine rings is 1. The van der Waals surface area contributed by atoms with E-state index < -0.39 is 0 Å². The number of nitrogens with one attached hydrogen (secondary N) is 2. The van der Waals surface area contributed by atoms with Crippen molar-refractivity contribution >= 4 is 28.3 Å². The summed E-state index contributed by atoms with van der Waals surface area (Å²) in [6, 6.07) is 18.5. The van der Waals surface area contributed by atoms with E-state index in [2.05, 4.69) is 46.5 Å². The number of aromatic nitrogens is 3. The molecule has 4 N–H and O–H groups in total. The Morgan fingerprint density at radius 2 is 1.83 bits per heavy atom. The highest BCUT2D eigenvalue weighted by Crippen LogP contribution is 2.29. The molecule has 0 unspecified atom stereocenters. The molecule has 0 saturated carbocycles. The van der Waals surface area contributed by atoms with Crippen molar-refractivity contribution in [3.63, 3.8) is 0 Å². The van der Waals surface area contributed by atoms with Gasteiger partial charge in [-0.15, -0.1) is 0 Å². The summed E-state index contributed by atoms with van der Waals surface area (Å²) in [6.45, 7) is 4.26. The maximum atomic E-state index is 8.00. The predicted molar refractivity (Wildman–Crippen MR) is 118 cm³/mol. The minimum atomic E-state index is 0.297. The van der Waals surface area contributed by atoms with Gasteiger partial charge in [-0.05, 0) is 37.1 Å². The Balaban J connectivity index is 1.80. The van der Waals surface area contributed by atoms with E-state index in [1.807, 2.05) is 30.3 Å². The van der Waals surface area contributed by atoms with Crippen molar-refractivity contribution in [3.05, 3.63) is 77.6 Å². The van der Waals surface area contributed by atoms with Crippen molar-refractivity contribution in [2.45, 2.75) is 20.4 Å². The molecule has 0 atom stereocenters. The molecule has 0 saturated heterocycles. The molecule has 0 bridgehead atoms. The van der Waals surface area contributed by atoms with Crippen LogP contribution in [-0.4, -0.2) is 20.7 Å². The predicted octanol–water partition coefficient (Wildman–Crippen LogP) is 4.58. The fourth-order valence-corrected chi connectivity index (χ4v) is 3.45. The number of fused-ring (bicyclic) bond motifs is 1. The van der Waals surface area contributed by atoms with E-state index >= 15 is 0 Å². The first-order chi connectivity index (χ1) is 14.0. The summed E-state index contributed by atoms with van der Waals surface area (Å²) in [7, 11) is 0. The van der Waals surface area contributed by atoms with Gasteiger partial charge in [0, 0.05) is 23.2 Å². The minimum absolute atomic E-state index is 0.297. The number of anilines is 2. The summed E-state index contributed by atoms with van der Waals surface area (Å²) in [5, 5.41) is 12.4. The summed E-state index contributed by atoms with van der Waals surface area (Å²) in [4.78, 5) is 13.3. The molecule has 2 aromatic heterocycles. The maximum absolute atomic E-state index is 8.00. The number of nitrogens with two attached hydrogens (primary N) is 1. The molecule has 0 fully saturated rings. The molecule has 0 aliphatic rings. The maximum Gasteiger partial charge on any atom is 0.140 e. The normalized spacial score (nSPS) is 10.8. The first kappa shape index (κ1) is 18.6. The van der Waals surface area contributed by atoms with Crippen LogP contribution in [0.25, 0.3) is 22.2 Å². The van der Waals surface area contributed by atoms with Crippen LogP contribution >= 0.6 is 0 Å². The Labute approximate surface area is 169 Å². The largest absolute Gasteiger partial charge is 0.383 e. The quantitative estimate of drug-likeness (QED) is 0.439. The average molecular weight is 382 g/mol. The SMILES string of the molecule is CC(=N)c1c(N)ncnc1NCc1cc2ccccc2nc1-c1ccccc1C. The summed E-state index contributed by atoms with van der Waals surface area (Å²) in [5.41, 5.74) is 12.0. The highest BCUT2D eigenvalue weighted by molar-refractivity contribution is 6.04. The molecule has 4 aromatic rings. The van der Waals surface area contributed by atoms with Crippen LogP contribution in [0.1, 0.15) is 23.6 Å². The topological polar surface area (TPSA) is 101 Å². The lowest BCUT2D eigenvalue weighted by Crippen LogP contribution is -2.12. The molecule has 0 aliphatic carbocycles. The van der Waals surface area contributed by atoms with E-state index in [-0.39, 0.29) is 0 Å². The van der Waals surface area contributed by atoms with Crippen molar-refractivity contribution in [1.29, 1.82) is 5.41 Å². The molecular formula is C23H22N6.